The molecule has 0 bridgehead atoms. The first-order valence-corrected chi connectivity index (χ1v) is 11.1. The minimum atomic E-state index is -0.560. The molecule has 0 aliphatic carbocycles. The summed E-state index contributed by atoms with van der Waals surface area (Å²) in [5.74, 6) is -0.963. The Kier molecular flexibility index (Phi) is 5.94. The van der Waals surface area contributed by atoms with Gasteiger partial charge in [0.1, 0.15) is 17.5 Å². The second-order valence-corrected chi connectivity index (χ2v) is 7.95. The Hall–Kier alpha value is -4.95. The van der Waals surface area contributed by atoms with E-state index in [1.54, 1.807) is 6.08 Å². The number of halogens is 1. The molecule has 35 heavy (non-hydrogen) atoms. The van der Waals surface area contributed by atoms with Crippen molar-refractivity contribution < 1.29 is 9.18 Å². The normalized spacial score (nSPS) is 11.3. The lowest BCUT2D eigenvalue weighted by Gasteiger charge is -2.12. The van der Waals surface area contributed by atoms with Gasteiger partial charge < -0.3 is 9.88 Å². The molecule has 1 aromatic heterocycles. The van der Waals surface area contributed by atoms with Crippen molar-refractivity contribution in [1.29, 1.82) is 5.26 Å². The third-order valence-electron chi connectivity index (χ3n) is 5.73. The molecule has 0 saturated carbocycles. The van der Waals surface area contributed by atoms with Crippen LogP contribution in [0.4, 0.5) is 10.1 Å². The molecule has 0 saturated heterocycles. The van der Waals surface area contributed by atoms with E-state index in [2.05, 4.69) is 9.88 Å². The molecular formula is C30H20FN3O. The van der Waals surface area contributed by atoms with E-state index in [1.807, 2.05) is 91.0 Å². The number of anilines is 1. The van der Waals surface area contributed by atoms with Crippen molar-refractivity contribution in [2.45, 2.75) is 0 Å². The third-order valence-corrected chi connectivity index (χ3v) is 5.73. The zero-order valence-corrected chi connectivity index (χ0v) is 18.7. The van der Waals surface area contributed by atoms with Crippen LogP contribution in [0, 0.1) is 17.1 Å². The van der Waals surface area contributed by atoms with Crippen LogP contribution in [0.5, 0.6) is 0 Å². The molecule has 168 valence electrons. The molecular weight excluding hydrogens is 437 g/mol. The number of fused-ring (bicyclic) bond motifs is 1. The van der Waals surface area contributed by atoms with Crippen molar-refractivity contribution in [3.63, 3.8) is 0 Å². The summed E-state index contributed by atoms with van der Waals surface area (Å²) in [5.41, 5.74) is 4.88. The van der Waals surface area contributed by atoms with Gasteiger partial charge in [-0.2, -0.15) is 5.26 Å². The molecule has 0 atom stereocenters. The molecule has 1 N–H and O–H groups in total. The average molecular weight is 458 g/mol. The van der Waals surface area contributed by atoms with Gasteiger partial charge in [0, 0.05) is 22.3 Å². The number of aromatic nitrogens is 1. The van der Waals surface area contributed by atoms with Gasteiger partial charge >= 0.3 is 0 Å². The number of carbonyl (C=O) groups excluding carboxylic acids is 1. The topological polar surface area (TPSA) is 57.8 Å². The molecule has 1 amide bonds. The van der Waals surface area contributed by atoms with E-state index in [-0.39, 0.29) is 5.57 Å². The Bertz CT molecular complexity index is 1580. The molecule has 0 aliphatic rings. The Morgan fingerprint density at radius 1 is 0.829 bits per heavy atom. The van der Waals surface area contributed by atoms with Crippen molar-refractivity contribution >= 4 is 28.6 Å². The van der Waals surface area contributed by atoms with Gasteiger partial charge in [-0.3, -0.25) is 4.79 Å². The van der Waals surface area contributed by atoms with E-state index in [4.69, 9.17) is 0 Å². The first-order valence-electron chi connectivity index (χ1n) is 11.1. The molecule has 0 aliphatic heterocycles. The quantitative estimate of drug-likeness (QED) is 0.229. The van der Waals surface area contributed by atoms with E-state index in [0.29, 0.717) is 5.69 Å². The number of benzene rings is 4. The van der Waals surface area contributed by atoms with E-state index in [1.165, 1.54) is 24.3 Å². The SMILES string of the molecule is N#C/C(=C\c1c(-c2ccccc2)n(-c2ccccc2)c2ccccc12)C(=O)Nc1ccc(F)cc1. The highest BCUT2D eigenvalue weighted by molar-refractivity contribution is 6.12. The van der Waals surface area contributed by atoms with E-state index in [9.17, 15) is 14.4 Å². The Balaban J connectivity index is 1.72. The number of nitrogens with zero attached hydrogens (tertiary/aromatic N) is 2. The molecule has 5 rings (SSSR count). The van der Waals surface area contributed by atoms with Gasteiger partial charge in [0.05, 0.1) is 11.2 Å². The minimum Gasteiger partial charge on any atom is -0.321 e. The second kappa shape index (κ2) is 9.50. The van der Waals surface area contributed by atoms with Crippen LogP contribution in [0.1, 0.15) is 5.56 Å². The summed E-state index contributed by atoms with van der Waals surface area (Å²) in [6, 6.07) is 35.2. The van der Waals surface area contributed by atoms with Crippen LogP contribution in [0.25, 0.3) is 33.9 Å². The fourth-order valence-corrected chi connectivity index (χ4v) is 4.16. The number of carbonyl (C=O) groups is 1. The molecule has 0 fully saturated rings. The molecule has 0 spiro atoms. The number of nitriles is 1. The smallest absolute Gasteiger partial charge is 0.266 e. The molecule has 5 heteroatoms. The van der Waals surface area contributed by atoms with Crippen molar-refractivity contribution in [3.05, 3.63) is 126 Å². The standard InChI is InChI=1S/C30H20FN3O/c31-23-15-17-24(18-16-23)33-30(35)22(20-32)19-27-26-13-7-8-14-28(26)34(25-11-5-2-6-12-25)29(27)21-9-3-1-4-10-21/h1-19H,(H,33,35)/b22-19+. The third kappa shape index (κ3) is 4.33. The van der Waals surface area contributed by atoms with Crippen molar-refractivity contribution in [2.24, 2.45) is 0 Å². The Labute approximate surface area is 202 Å². The number of hydrogen-bond acceptors (Lipinski definition) is 2. The zero-order chi connectivity index (χ0) is 24.2. The number of hydrogen-bond donors (Lipinski definition) is 1. The fourth-order valence-electron chi connectivity index (χ4n) is 4.16. The van der Waals surface area contributed by atoms with Gasteiger partial charge in [-0.05, 0) is 54.1 Å². The maximum Gasteiger partial charge on any atom is 0.266 e. The van der Waals surface area contributed by atoms with Crippen molar-refractivity contribution in [1.82, 2.24) is 4.57 Å². The van der Waals surface area contributed by atoms with Crippen LogP contribution >= 0.6 is 0 Å². The van der Waals surface area contributed by atoms with Crippen LogP contribution in [0.3, 0.4) is 0 Å². The van der Waals surface area contributed by atoms with Crippen LogP contribution < -0.4 is 5.32 Å². The summed E-state index contributed by atoms with van der Waals surface area (Å²) in [7, 11) is 0. The number of rotatable bonds is 5. The summed E-state index contributed by atoms with van der Waals surface area (Å²) in [5, 5.41) is 13.5. The van der Waals surface area contributed by atoms with Crippen LogP contribution in [-0.2, 0) is 4.79 Å². The second-order valence-electron chi connectivity index (χ2n) is 7.95. The molecule has 0 unspecified atom stereocenters. The summed E-state index contributed by atoms with van der Waals surface area (Å²) in [6.45, 7) is 0. The van der Waals surface area contributed by atoms with Crippen LogP contribution in [-0.4, -0.2) is 10.5 Å². The summed E-state index contributed by atoms with van der Waals surface area (Å²) >= 11 is 0. The lowest BCUT2D eigenvalue weighted by molar-refractivity contribution is -0.112. The predicted octanol–water partition coefficient (Wildman–Crippen LogP) is 6.98. The molecule has 5 aromatic rings. The summed E-state index contributed by atoms with van der Waals surface area (Å²) in [4.78, 5) is 13.0. The summed E-state index contributed by atoms with van der Waals surface area (Å²) in [6.07, 6.45) is 1.63. The highest BCUT2D eigenvalue weighted by Crippen LogP contribution is 2.37. The molecule has 1 heterocycles. The first kappa shape index (κ1) is 21.9. The monoisotopic (exact) mass is 457 g/mol. The highest BCUT2D eigenvalue weighted by Gasteiger charge is 2.20. The Morgan fingerprint density at radius 2 is 1.46 bits per heavy atom. The van der Waals surface area contributed by atoms with Gasteiger partial charge in [-0.1, -0.05) is 66.7 Å². The van der Waals surface area contributed by atoms with E-state index >= 15 is 0 Å². The van der Waals surface area contributed by atoms with Crippen LogP contribution in [0.15, 0.2) is 115 Å². The highest BCUT2D eigenvalue weighted by atomic mass is 19.1. The molecule has 0 radical (unpaired) electrons. The first-order chi connectivity index (χ1) is 17.2. The van der Waals surface area contributed by atoms with Gasteiger partial charge in [0.15, 0.2) is 0 Å². The predicted molar refractivity (Wildman–Crippen MR) is 137 cm³/mol. The zero-order valence-electron chi connectivity index (χ0n) is 18.7. The average Bonchev–Trinajstić information content (AvgIpc) is 3.23. The van der Waals surface area contributed by atoms with Crippen molar-refractivity contribution in [2.75, 3.05) is 5.32 Å². The largest absolute Gasteiger partial charge is 0.321 e. The van der Waals surface area contributed by atoms with E-state index in [0.717, 1.165) is 33.4 Å². The van der Waals surface area contributed by atoms with Gasteiger partial charge in [0.25, 0.3) is 5.91 Å². The van der Waals surface area contributed by atoms with Crippen LogP contribution in [0.2, 0.25) is 0 Å². The van der Waals surface area contributed by atoms with E-state index < -0.39 is 11.7 Å². The molecule has 4 aromatic carbocycles. The lowest BCUT2D eigenvalue weighted by atomic mass is 10.0. The fraction of sp³-hybridized carbons (Fsp3) is 0. The molecule has 4 nitrogen and oxygen atoms in total. The van der Waals surface area contributed by atoms with Gasteiger partial charge in [0.2, 0.25) is 0 Å². The van der Waals surface area contributed by atoms with Gasteiger partial charge in [-0.15, -0.1) is 0 Å². The summed E-state index contributed by atoms with van der Waals surface area (Å²) < 4.78 is 15.4. The maximum absolute atomic E-state index is 13.3. The van der Waals surface area contributed by atoms with Gasteiger partial charge in [-0.25, -0.2) is 4.39 Å². The maximum atomic E-state index is 13.3. The Morgan fingerprint density at radius 3 is 2.14 bits per heavy atom. The lowest BCUT2D eigenvalue weighted by Crippen LogP contribution is -2.13. The number of amides is 1. The number of para-hydroxylation sites is 2. The van der Waals surface area contributed by atoms with Crippen molar-refractivity contribution in [3.8, 4) is 23.0 Å². The minimum absolute atomic E-state index is 0.0533. The number of nitrogens with one attached hydrogen (secondary N) is 1.